The quantitative estimate of drug-likeness (QED) is 0.757. The smallest absolute Gasteiger partial charge is 0.267 e. The second-order valence-electron chi connectivity index (χ2n) is 5.12. The molecule has 1 heterocycles. The average Bonchev–Trinajstić information content (AvgIpc) is 3.06. The lowest BCUT2D eigenvalue weighted by atomic mass is 10.2. The van der Waals surface area contributed by atoms with E-state index in [2.05, 4.69) is 15.6 Å². The van der Waals surface area contributed by atoms with E-state index in [4.69, 9.17) is 0 Å². The summed E-state index contributed by atoms with van der Waals surface area (Å²) in [6.07, 6.45) is 1.46. The highest BCUT2D eigenvalue weighted by Crippen LogP contribution is 2.21. The summed E-state index contributed by atoms with van der Waals surface area (Å²) in [5, 5.41) is 5.93. The van der Waals surface area contributed by atoms with E-state index in [1.807, 2.05) is 37.3 Å². The Morgan fingerprint density at radius 3 is 2.38 bits per heavy atom. The first-order valence-electron chi connectivity index (χ1n) is 7.33. The molecule has 2 N–H and O–H groups in total. The number of rotatable bonds is 4. The Morgan fingerprint density at radius 2 is 1.62 bits per heavy atom. The van der Waals surface area contributed by atoms with Gasteiger partial charge in [-0.25, -0.2) is 4.98 Å². The number of anilines is 2. The summed E-state index contributed by atoms with van der Waals surface area (Å²) in [4.78, 5) is 28.9. The van der Waals surface area contributed by atoms with Crippen LogP contribution in [0.2, 0.25) is 0 Å². The number of nitrogens with zero attached hydrogens (tertiary/aromatic N) is 1. The second-order valence-corrected chi connectivity index (χ2v) is 6.15. The molecule has 0 atom stereocenters. The molecule has 0 spiro atoms. The predicted molar refractivity (Wildman–Crippen MR) is 95.6 cm³/mol. The molecule has 0 saturated heterocycles. The first-order valence-corrected chi connectivity index (χ1v) is 8.14. The number of benzene rings is 2. The van der Waals surface area contributed by atoms with Crippen molar-refractivity contribution in [1.29, 1.82) is 0 Å². The molecule has 0 saturated carbocycles. The minimum atomic E-state index is -0.254. The van der Waals surface area contributed by atoms with Crippen molar-refractivity contribution in [2.45, 2.75) is 6.92 Å². The van der Waals surface area contributed by atoms with Crippen molar-refractivity contribution < 1.29 is 9.59 Å². The maximum atomic E-state index is 12.3. The van der Waals surface area contributed by atoms with Gasteiger partial charge < -0.3 is 5.32 Å². The van der Waals surface area contributed by atoms with Gasteiger partial charge in [0.15, 0.2) is 5.13 Å². The van der Waals surface area contributed by atoms with Gasteiger partial charge in [-0.1, -0.05) is 47.7 Å². The van der Waals surface area contributed by atoms with Crippen molar-refractivity contribution >= 4 is 34.0 Å². The normalized spacial score (nSPS) is 10.2. The summed E-state index contributed by atoms with van der Waals surface area (Å²) in [5.74, 6) is -0.502. The fourth-order valence-corrected chi connectivity index (χ4v) is 2.80. The minimum Gasteiger partial charge on any atom is -0.321 e. The van der Waals surface area contributed by atoms with Gasteiger partial charge in [-0.2, -0.15) is 0 Å². The molecule has 0 aliphatic carbocycles. The van der Waals surface area contributed by atoms with Crippen LogP contribution in [0.15, 0.2) is 60.8 Å². The van der Waals surface area contributed by atoms with E-state index in [0.29, 0.717) is 15.6 Å². The Bertz CT molecular complexity index is 875. The van der Waals surface area contributed by atoms with E-state index < -0.39 is 0 Å². The molecule has 3 aromatic rings. The van der Waals surface area contributed by atoms with Crippen LogP contribution < -0.4 is 10.6 Å². The number of amides is 2. The average molecular weight is 337 g/mol. The number of carbonyl (C=O) groups excluding carboxylic acids is 2. The van der Waals surface area contributed by atoms with E-state index in [9.17, 15) is 9.59 Å². The van der Waals surface area contributed by atoms with E-state index >= 15 is 0 Å². The SMILES string of the molecule is Cc1ccccc1NC(=O)c1cnc(NC(=O)c2ccccc2)s1. The lowest BCUT2D eigenvalue weighted by Crippen LogP contribution is -2.11. The number of aryl methyl sites for hydroxylation is 1. The molecule has 3 rings (SSSR count). The van der Waals surface area contributed by atoms with Gasteiger partial charge in [0.05, 0.1) is 6.20 Å². The van der Waals surface area contributed by atoms with E-state index in [1.54, 1.807) is 24.3 Å². The minimum absolute atomic E-state index is 0.248. The largest absolute Gasteiger partial charge is 0.321 e. The number of carbonyl (C=O) groups is 2. The van der Waals surface area contributed by atoms with Crippen LogP contribution in [0, 0.1) is 6.92 Å². The molecule has 2 aromatic carbocycles. The number of thiazole rings is 1. The zero-order valence-electron chi connectivity index (χ0n) is 12.9. The summed E-state index contributed by atoms with van der Waals surface area (Å²) in [6.45, 7) is 1.92. The second kappa shape index (κ2) is 7.06. The van der Waals surface area contributed by atoms with Crippen LogP contribution in [-0.4, -0.2) is 16.8 Å². The fourth-order valence-electron chi connectivity index (χ4n) is 2.09. The standard InChI is InChI=1S/C18H15N3O2S/c1-12-7-5-6-10-14(12)20-17(23)15-11-19-18(24-15)21-16(22)13-8-3-2-4-9-13/h2-11H,1H3,(H,20,23)(H,19,21,22). The van der Waals surface area contributed by atoms with Crippen LogP contribution in [0.1, 0.15) is 25.6 Å². The van der Waals surface area contributed by atoms with Gasteiger partial charge in [0, 0.05) is 11.3 Å². The molecule has 0 bridgehead atoms. The molecule has 24 heavy (non-hydrogen) atoms. The van der Waals surface area contributed by atoms with Crippen molar-refractivity contribution in [3.05, 3.63) is 76.8 Å². The van der Waals surface area contributed by atoms with Crippen LogP contribution in [0.4, 0.5) is 10.8 Å². The van der Waals surface area contributed by atoms with Crippen LogP contribution in [0.25, 0.3) is 0 Å². The Balaban J connectivity index is 1.68. The monoisotopic (exact) mass is 337 g/mol. The summed E-state index contributed by atoms with van der Waals surface area (Å²) in [6, 6.07) is 16.4. The molecule has 120 valence electrons. The van der Waals surface area contributed by atoms with E-state index in [0.717, 1.165) is 22.6 Å². The number of aromatic nitrogens is 1. The van der Waals surface area contributed by atoms with Crippen molar-refractivity contribution in [1.82, 2.24) is 4.98 Å². The van der Waals surface area contributed by atoms with Gasteiger partial charge in [-0.3, -0.25) is 14.9 Å². The third-order valence-corrected chi connectivity index (χ3v) is 4.29. The first-order chi connectivity index (χ1) is 11.6. The van der Waals surface area contributed by atoms with Gasteiger partial charge in [-0.05, 0) is 30.7 Å². The molecule has 0 aliphatic heterocycles. The number of nitrogens with one attached hydrogen (secondary N) is 2. The third kappa shape index (κ3) is 3.67. The van der Waals surface area contributed by atoms with Gasteiger partial charge in [-0.15, -0.1) is 0 Å². The molecule has 0 fully saturated rings. The Morgan fingerprint density at radius 1 is 0.917 bits per heavy atom. The van der Waals surface area contributed by atoms with Gasteiger partial charge >= 0.3 is 0 Å². The summed E-state index contributed by atoms with van der Waals surface area (Å²) >= 11 is 1.13. The maximum Gasteiger partial charge on any atom is 0.267 e. The Hall–Kier alpha value is -2.99. The van der Waals surface area contributed by atoms with Gasteiger partial charge in [0.25, 0.3) is 11.8 Å². The molecule has 0 aliphatic rings. The van der Waals surface area contributed by atoms with Gasteiger partial charge in [0.2, 0.25) is 0 Å². The summed E-state index contributed by atoms with van der Waals surface area (Å²) < 4.78 is 0. The third-order valence-electron chi connectivity index (χ3n) is 3.38. The topological polar surface area (TPSA) is 71.1 Å². The Labute approximate surface area is 143 Å². The highest BCUT2D eigenvalue weighted by Gasteiger charge is 2.14. The molecular formula is C18H15N3O2S. The Kier molecular flexibility index (Phi) is 4.67. The van der Waals surface area contributed by atoms with Crippen molar-refractivity contribution in [2.24, 2.45) is 0 Å². The first kappa shape index (κ1) is 15.9. The lowest BCUT2D eigenvalue weighted by molar-refractivity contribution is 0.102. The van der Waals surface area contributed by atoms with E-state index in [-0.39, 0.29) is 11.8 Å². The summed E-state index contributed by atoms with van der Waals surface area (Å²) in [5.41, 5.74) is 2.28. The molecule has 2 amide bonds. The van der Waals surface area contributed by atoms with E-state index in [1.165, 1.54) is 6.20 Å². The highest BCUT2D eigenvalue weighted by molar-refractivity contribution is 7.17. The van der Waals surface area contributed by atoms with Crippen LogP contribution in [0.5, 0.6) is 0 Å². The maximum absolute atomic E-state index is 12.3. The molecule has 0 radical (unpaired) electrons. The zero-order valence-corrected chi connectivity index (χ0v) is 13.8. The van der Waals surface area contributed by atoms with Crippen LogP contribution in [-0.2, 0) is 0 Å². The molecule has 0 unspecified atom stereocenters. The number of hydrogen-bond acceptors (Lipinski definition) is 4. The van der Waals surface area contributed by atoms with Crippen molar-refractivity contribution in [3.63, 3.8) is 0 Å². The molecule has 1 aromatic heterocycles. The van der Waals surface area contributed by atoms with Crippen molar-refractivity contribution in [2.75, 3.05) is 10.6 Å². The molecule has 6 heteroatoms. The predicted octanol–water partition coefficient (Wildman–Crippen LogP) is 3.96. The van der Waals surface area contributed by atoms with Crippen LogP contribution >= 0.6 is 11.3 Å². The number of para-hydroxylation sites is 1. The zero-order chi connectivity index (χ0) is 16.9. The fraction of sp³-hybridized carbons (Fsp3) is 0.0556. The lowest BCUT2D eigenvalue weighted by Gasteiger charge is -2.06. The summed E-state index contributed by atoms with van der Waals surface area (Å²) in [7, 11) is 0. The van der Waals surface area contributed by atoms with Gasteiger partial charge in [0.1, 0.15) is 4.88 Å². The van der Waals surface area contributed by atoms with Crippen molar-refractivity contribution in [3.8, 4) is 0 Å². The van der Waals surface area contributed by atoms with Crippen LogP contribution in [0.3, 0.4) is 0 Å². The molecular weight excluding hydrogens is 322 g/mol. The highest BCUT2D eigenvalue weighted by atomic mass is 32.1. The number of hydrogen-bond donors (Lipinski definition) is 2. The molecule has 5 nitrogen and oxygen atoms in total.